The summed E-state index contributed by atoms with van der Waals surface area (Å²) in [4.78, 5) is 0. The quantitative estimate of drug-likeness (QED) is 0.852. The van der Waals surface area contributed by atoms with E-state index < -0.39 is 0 Å². The van der Waals surface area contributed by atoms with E-state index in [2.05, 4.69) is 25.2 Å². The molecule has 0 radical (unpaired) electrons. The van der Waals surface area contributed by atoms with Crippen LogP contribution in [-0.2, 0) is 19.5 Å². The van der Waals surface area contributed by atoms with Crippen molar-refractivity contribution in [2.45, 2.75) is 51.6 Å². The number of aromatic nitrogens is 3. The third-order valence-electron chi connectivity index (χ3n) is 3.75. The van der Waals surface area contributed by atoms with Gasteiger partial charge >= 0.3 is 0 Å². The lowest BCUT2D eigenvalue weighted by molar-refractivity contribution is 0.148. The zero-order valence-electron chi connectivity index (χ0n) is 10.4. The van der Waals surface area contributed by atoms with Crippen molar-refractivity contribution in [2.24, 2.45) is 0 Å². The van der Waals surface area contributed by atoms with E-state index in [1.807, 2.05) is 0 Å². The second-order valence-corrected chi connectivity index (χ2v) is 5.02. The first-order valence-electron chi connectivity index (χ1n) is 6.83. The van der Waals surface area contributed by atoms with Gasteiger partial charge in [-0.1, -0.05) is 6.42 Å². The van der Waals surface area contributed by atoms with Gasteiger partial charge in [0, 0.05) is 26.1 Å². The summed E-state index contributed by atoms with van der Waals surface area (Å²) in [6, 6.07) is 0. The average Bonchev–Trinajstić information content (AvgIpc) is 2.81. The first-order valence-corrected chi connectivity index (χ1v) is 6.83. The Bertz CT molecular complexity index is 367. The van der Waals surface area contributed by atoms with Crippen LogP contribution in [0.1, 0.15) is 43.8 Å². The molecule has 2 aliphatic rings. The van der Waals surface area contributed by atoms with Crippen LogP contribution in [0, 0.1) is 0 Å². The van der Waals surface area contributed by atoms with Crippen LogP contribution in [0.2, 0.25) is 0 Å². The zero-order chi connectivity index (χ0) is 11.5. The number of hydrogen-bond donors (Lipinski definition) is 1. The molecular formula is C12H21N5. The van der Waals surface area contributed by atoms with Gasteiger partial charge in [0.1, 0.15) is 11.6 Å². The topological polar surface area (TPSA) is 46.0 Å². The Morgan fingerprint density at radius 1 is 0.941 bits per heavy atom. The Morgan fingerprint density at radius 2 is 1.76 bits per heavy atom. The maximum atomic E-state index is 4.31. The predicted octanol–water partition coefficient (Wildman–Crippen LogP) is 1.10. The van der Waals surface area contributed by atoms with Crippen LogP contribution < -0.4 is 5.43 Å². The molecular weight excluding hydrogens is 214 g/mol. The Hall–Kier alpha value is -0.940. The minimum absolute atomic E-state index is 0.826. The van der Waals surface area contributed by atoms with E-state index in [9.17, 15) is 0 Å². The van der Waals surface area contributed by atoms with Crippen molar-refractivity contribution in [2.75, 3.05) is 13.1 Å². The highest BCUT2D eigenvalue weighted by Crippen LogP contribution is 2.14. The van der Waals surface area contributed by atoms with E-state index in [0.29, 0.717) is 0 Å². The van der Waals surface area contributed by atoms with Crippen molar-refractivity contribution in [3.05, 3.63) is 11.6 Å². The van der Waals surface area contributed by atoms with Crippen LogP contribution in [0.4, 0.5) is 0 Å². The molecule has 3 rings (SSSR count). The van der Waals surface area contributed by atoms with Crippen LogP contribution >= 0.6 is 0 Å². The number of nitrogens with one attached hydrogen (secondary N) is 1. The van der Waals surface area contributed by atoms with Crippen molar-refractivity contribution in [3.8, 4) is 0 Å². The number of piperidine rings is 1. The normalized spacial score (nSPS) is 21.4. The highest BCUT2D eigenvalue weighted by Gasteiger charge is 2.16. The van der Waals surface area contributed by atoms with Gasteiger partial charge in [-0.3, -0.25) is 0 Å². The number of hydrogen-bond acceptors (Lipinski definition) is 4. The minimum atomic E-state index is 0.826. The summed E-state index contributed by atoms with van der Waals surface area (Å²) < 4.78 is 2.29. The van der Waals surface area contributed by atoms with Gasteiger partial charge in [0.25, 0.3) is 0 Å². The molecule has 0 aromatic carbocycles. The van der Waals surface area contributed by atoms with Crippen LogP contribution in [0.25, 0.3) is 0 Å². The molecule has 2 aliphatic heterocycles. The second kappa shape index (κ2) is 5.14. The molecule has 0 aliphatic carbocycles. The van der Waals surface area contributed by atoms with Crippen molar-refractivity contribution < 1.29 is 0 Å². The van der Waals surface area contributed by atoms with Gasteiger partial charge in [-0.15, -0.1) is 10.2 Å². The molecule has 0 bridgehead atoms. The van der Waals surface area contributed by atoms with Crippen LogP contribution in [0.5, 0.6) is 0 Å². The first-order chi connectivity index (χ1) is 8.43. The van der Waals surface area contributed by atoms with Gasteiger partial charge in [0.05, 0.1) is 6.54 Å². The minimum Gasteiger partial charge on any atom is -0.314 e. The summed E-state index contributed by atoms with van der Waals surface area (Å²) in [5, 5.41) is 10.9. The monoisotopic (exact) mass is 235 g/mol. The number of aryl methyl sites for hydroxylation is 1. The molecule has 94 valence electrons. The largest absolute Gasteiger partial charge is 0.314 e. The fourth-order valence-electron chi connectivity index (χ4n) is 2.73. The van der Waals surface area contributed by atoms with Crippen molar-refractivity contribution >= 4 is 0 Å². The fourth-order valence-corrected chi connectivity index (χ4v) is 2.73. The third kappa shape index (κ3) is 2.50. The van der Waals surface area contributed by atoms with Gasteiger partial charge in [-0.2, -0.15) is 0 Å². The summed E-state index contributed by atoms with van der Waals surface area (Å²) in [6.07, 6.45) is 7.62. The highest BCUT2D eigenvalue weighted by atomic mass is 15.5. The lowest BCUT2D eigenvalue weighted by Gasteiger charge is -2.27. The van der Waals surface area contributed by atoms with Crippen molar-refractivity contribution in [1.82, 2.24) is 25.2 Å². The van der Waals surface area contributed by atoms with Crippen LogP contribution in [0.3, 0.4) is 0 Å². The molecule has 5 heteroatoms. The highest BCUT2D eigenvalue weighted by molar-refractivity contribution is 4.98. The number of rotatable bonds is 3. The molecule has 0 unspecified atom stereocenters. The third-order valence-corrected chi connectivity index (χ3v) is 3.75. The summed E-state index contributed by atoms with van der Waals surface area (Å²) >= 11 is 0. The molecule has 0 saturated carbocycles. The Balaban J connectivity index is 1.59. The van der Waals surface area contributed by atoms with Gasteiger partial charge < -0.3 is 4.57 Å². The van der Waals surface area contributed by atoms with Gasteiger partial charge in [0.2, 0.25) is 0 Å². The standard InChI is InChI=1S/C12H21N5/c1-3-7-16(8-4-1)13-10-12-15-14-11-6-2-5-9-17(11)12/h13H,1-10H2. The maximum absolute atomic E-state index is 4.31. The first kappa shape index (κ1) is 11.2. The maximum Gasteiger partial charge on any atom is 0.148 e. The molecule has 5 nitrogen and oxygen atoms in total. The van der Waals surface area contributed by atoms with E-state index in [-0.39, 0.29) is 0 Å². The fraction of sp³-hybridized carbons (Fsp3) is 0.833. The molecule has 1 aromatic rings. The Kier molecular flexibility index (Phi) is 3.38. The smallest absolute Gasteiger partial charge is 0.148 e. The van der Waals surface area contributed by atoms with E-state index in [4.69, 9.17) is 0 Å². The summed E-state index contributed by atoms with van der Waals surface area (Å²) in [6.45, 7) is 4.26. The summed E-state index contributed by atoms with van der Waals surface area (Å²) in [5.41, 5.74) is 3.48. The van der Waals surface area contributed by atoms with Crippen molar-refractivity contribution in [3.63, 3.8) is 0 Å². The molecule has 0 spiro atoms. The van der Waals surface area contributed by atoms with Gasteiger partial charge in [-0.05, 0) is 25.7 Å². The molecule has 1 saturated heterocycles. The molecule has 1 aromatic heterocycles. The molecule has 3 heterocycles. The van der Waals surface area contributed by atoms with Crippen LogP contribution in [-0.4, -0.2) is 32.9 Å². The van der Waals surface area contributed by atoms with E-state index in [0.717, 1.165) is 25.3 Å². The second-order valence-electron chi connectivity index (χ2n) is 5.02. The SMILES string of the molecule is C1CCN(NCc2nnc3n2CCCC3)CC1. The molecule has 0 atom stereocenters. The summed E-state index contributed by atoms with van der Waals surface area (Å²) in [5.74, 6) is 2.27. The predicted molar refractivity (Wildman–Crippen MR) is 65.2 cm³/mol. The molecule has 0 amide bonds. The number of hydrazine groups is 1. The molecule has 17 heavy (non-hydrogen) atoms. The lowest BCUT2D eigenvalue weighted by atomic mass is 10.1. The van der Waals surface area contributed by atoms with E-state index >= 15 is 0 Å². The molecule has 1 N–H and O–H groups in total. The van der Waals surface area contributed by atoms with E-state index in [1.165, 1.54) is 51.0 Å². The Labute approximate surface area is 102 Å². The van der Waals surface area contributed by atoms with Gasteiger partial charge in [0.15, 0.2) is 0 Å². The number of nitrogens with zero attached hydrogens (tertiary/aromatic N) is 4. The number of fused-ring (bicyclic) bond motifs is 1. The Morgan fingerprint density at radius 3 is 2.65 bits per heavy atom. The average molecular weight is 235 g/mol. The molecule has 1 fully saturated rings. The van der Waals surface area contributed by atoms with Gasteiger partial charge in [-0.25, -0.2) is 10.4 Å². The van der Waals surface area contributed by atoms with Crippen molar-refractivity contribution in [1.29, 1.82) is 0 Å². The zero-order valence-corrected chi connectivity index (χ0v) is 10.4. The van der Waals surface area contributed by atoms with E-state index in [1.54, 1.807) is 0 Å². The lowest BCUT2D eigenvalue weighted by Crippen LogP contribution is -2.41. The summed E-state index contributed by atoms with van der Waals surface area (Å²) in [7, 11) is 0. The van der Waals surface area contributed by atoms with Crippen LogP contribution in [0.15, 0.2) is 0 Å².